The molecule has 0 saturated carbocycles. The summed E-state index contributed by atoms with van der Waals surface area (Å²) >= 11 is 0. The molecule has 1 fully saturated rings. The Bertz CT molecular complexity index is 543. The van der Waals surface area contributed by atoms with Gasteiger partial charge in [0.2, 0.25) is 0 Å². The molecule has 19 heavy (non-hydrogen) atoms. The van der Waals surface area contributed by atoms with E-state index in [9.17, 15) is 18.8 Å². The highest BCUT2D eigenvalue weighted by Crippen LogP contribution is 2.18. The van der Waals surface area contributed by atoms with Crippen molar-refractivity contribution in [1.29, 1.82) is 0 Å². The number of ketones is 1. The quantitative estimate of drug-likeness (QED) is 0.581. The summed E-state index contributed by atoms with van der Waals surface area (Å²) in [5.41, 5.74) is -0.110. The smallest absolute Gasteiger partial charge is 0.318 e. The SMILES string of the molecule is COC(=O)C1CN(C(=O)c2ccccc2F)CC1=O. The van der Waals surface area contributed by atoms with E-state index < -0.39 is 29.4 Å². The molecule has 0 spiro atoms. The lowest BCUT2D eigenvalue weighted by Crippen LogP contribution is -2.30. The van der Waals surface area contributed by atoms with E-state index in [0.29, 0.717) is 0 Å². The second-order valence-corrected chi connectivity index (χ2v) is 4.21. The second kappa shape index (κ2) is 5.17. The summed E-state index contributed by atoms with van der Waals surface area (Å²) < 4.78 is 18.0. The molecule has 0 N–H and O–H groups in total. The largest absolute Gasteiger partial charge is 0.468 e. The molecule has 1 aromatic rings. The van der Waals surface area contributed by atoms with Crippen molar-refractivity contribution in [3.05, 3.63) is 35.6 Å². The highest BCUT2D eigenvalue weighted by molar-refractivity contribution is 6.06. The van der Waals surface area contributed by atoms with Gasteiger partial charge in [0.15, 0.2) is 5.78 Å². The van der Waals surface area contributed by atoms with E-state index in [-0.39, 0.29) is 18.7 Å². The normalized spacial score (nSPS) is 18.5. The number of hydrogen-bond donors (Lipinski definition) is 0. The van der Waals surface area contributed by atoms with Crippen molar-refractivity contribution in [3.63, 3.8) is 0 Å². The fourth-order valence-electron chi connectivity index (χ4n) is 1.99. The molecule has 1 aromatic carbocycles. The number of benzene rings is 1. The van der Waals surface area contributed by atoms with Crippen LogP contribution in [0.4, 0.5) is 4.39 Å². The topological polar surface area (TPSA) is 63.7 Å². The van der Waals surface area contributed by atoms with Crippen molar-refractivity contribution in [2.24, 2.45) is 5.92 Å². The highest BCUT2D eigenvalue weighted by atomic mass is 19.1. The van der Waals surface area contributed by atoms with Gasteiger partial charge in [-0.2, -0.15) is 0 Å². The van der Waals surface area contributed by atoms with Gasteiger partial charge in [0.05, 0.1) is 19.2 Å². The number of carbonyl (C=O) groups excluding carboxylic acids is 3. The molecule has 100 valence electrons. The predicted octanol–water partition coefficient (Wildman–Crippen LogP) is 0.640. The average Bonchev–Trinajstić information content (AvgIpc) is 2.80. The minimum absolute atomic E-state index is 0.0708. The Hall–Kier alpha value is -2.24. The molecule has 1 atom stereocenters. The van der Waals surface area contributed by atoms with Crippen LogP contribution in [0.5, 0.6) is 0 Å². The lowest BCUT2D eigenvalue weighted by molar-refractivity contribution is -0.147. The number of ether oxygens (including phenoxy) is 1. The maximum absolute atomic E-state index is 13.5. The first-order valence-corrected chi connectivity index (χ1v) is 5.69. The van der Waals surface area contributed by atoms with Crippen molar-refractivity contribution < 1.29 is 23.5 Å². The van der Waals surface area contributed by atoms with Crippen LogP contribution in [0.2, 0.25) is 0 Å². The van der Waals surface area contributed by atoms with Gasteiger partial charge in [0.1, 0.15) is 11.7 Å². The molecule has 0 radical (unpaired) electrons. The fraction of sp³-hybridized carbons (Fsp3) is 0.308. The monoisotopic (exact) mass is 265 g/mol. The van der Waals surface area contributed by atoms with Crippen molar-refractivity contribution >= 4 is 17.7 Å². The summed E-state index contributed by atoms with van der Waals surface area (Å²) in [5, 5.41) is 0. The van der Waals surface area contributed by atoms with Crippen molar-refractivity contribution in [1.82, 2.24) is 4.90 Å². The molecule has 1 saturated heterocycles. The van der Waals surface area contributed by atoms with Gasteiger partial charge in [0, 0.05) is 6.54 Å². The van der Waals surface area contributed by atoms with E-state index in [4.69, 9.17) is 0 Å². The van der Waals surface area contributed by atoms with Gasteiger partial charge in [-0.25, -0.2) is 4.39 Å². The molecule has 0 aromatic heterocycles. The predicted molar refractivity (Wildman–Crippen MR) is 62.8 cm³/mol. The maximum Gasteiger partial charge on any atom is 0.318 e. The van der Waals surface area contributed by atoms with Crippen LogP contribution in [0.15, 0.2) is 24.3 Å². The molecule has 1 amide bonds. The third kappa shape index (κ3) is 2.47. The summed E-state index contributed by atoms with van der Waals surface area (Å²) in [6.45, 7) is -0.272. The first-order chi connectivity index (χ1) is 9.04. The first kappa shape index (κ1) is 13.2. The molecule has 5 nitrogen and oxygen atoms in total. The number of methoxy groups -OCH3 is 1. The van der Waals surface area contributed by atoms with Crippen LogP contribution >= 0.6 is 0 Å². The van der Waals surface area contributed by atoms with E-state index in [1.165, 1.54) is 31.4 Å². The van der Waals surface area contributed by atoms with Gasteiger partial charge in [-0.15, -0.1) is 0 Å². The molecule has 1 heterocycles. The van der Waals surface area contributed by atoms with Gasteiger partial charge >= 0.3 is 5.97 Å². The van der Waals surface area contributed by atoms with Gasteiger partial charge in [-0.3, -0.25) is 14.4 Å². The number of likely N-dealkylation sites (tertiary alicyclic amines) is 1. The van der Waals surface area contributed by atoms with Crippen LogP contribution in [0.1, 0.15) is 10.4 Å². The van der Waals surface area contributed by atoms with E-state index in [2.05, 4.69) is 4.74 Å². The van der Waals surface area contributed by atoms with E-state index in [1.54, 1.807) is 0 Å². The Labute approximate surface area is 109 Å². The summed E-state index contributed by atoms with van der Waals surface area (Å²) in [4.78, 5) is 36.2. The van der Waals surface area contributed by atoms with Crippen LogP contribution in [0.25, 0.3) is 0 Å². The Morgan fingerprint density at radius 3 is 2.68 bits per heavy atom. The summed E-state index contributed by atoms with van der Waals surface area (Å²) in [5.74, 6) is -3.29. The summed E-state index contributed by atoms with van der Waals surface area (Å²) in [6, 6.07) is 5.51. The Morgan fingerprint density at radius 1 is 1.37 bits per heavy atom. The van der Waals surface area contributed by atoms with Gasteiger partial charge in [-0.1, -0.05) is 12.1 Å². The van der Waals surface area contributed by atoms with Crippen LogP contribution in [-0.2, 0) is 14.3 Å². The maximum atomic E-state index is 13.5. The third-order valence-corrected chi connectivity index (χ3v) is 3.02. The molecular formula is C13H12FNO4. The minimum atomic E-state index is -0.972. The summed E-state index contributed by atoms with van der Waals surface area (Å²) in [7, 11) is 1.18. The zero-order chi connectivity index (χ0) is 14.0. The molecular weight excluding hydrogens is 253 g/mol. The number of halogens is 1. The third-order valence-electron chi connectivity index (χ3n) is 3.02. The molecule has 0 bridgehead atoms. The number of carbonyl (C=O) groups is 3. The van der Waals surface area contributed by atoms with E-state index in [1.807, 2.05) is 0 Å². The zero-order valence-corrected chi connectivity index (χ0v) is 10.3. The molecule has 1 aliphatic rings. The molecule has 1 aliphatic heterocycles. The van der Waals surface area contributed by atoms with E-state index >= 15 is 0 Å². The molecule has 6 heteroatoms. The number of amides is 1. The van der Waals surface area contributed by atoms with Crippen molar-refractivity contribution in [2.75, 3.05) is 20.2 Å². The Kier molecular flexibility index (Phi) is 3.59. The Morgan fingerprint density at radius 2 is 2.05 bits per heavy atom. The summed E-state index contributed by atoms with van der Waals surface area (Å²) in [6.07, 6.45) is 0. The number of hydrogen-bond acceptors (Lipinski definition) is 4. The van der Waals surface area contributed by atoms with Crippen molar-refractivity contribution in [3.8, 4) is 0 Å². The Balaban J connectivity index is 2.17. The average molecular weight is 265 g/mol. The number of nitrogens with zero attached hydrogens (tertiary/aromatic N) is 1. The number of esters is 1. The van der Waals surface area contributed by atoms with Gasteiger partial charge in [-0.05, 0) is 12.1 Å². The standard InChI is InChI=1S/C13H12FNO4/c1-19-13(18)9-6-15(7-11(9)16)12(17)8-4-2-3-5-10(8)14/h2-5,9H,6-7H2,1H3. The van der Waals surface area contributed by atoms with Crippen LogP contribution in [0.3, 0.4) is 0 Å². The van der Waals surface area contributed by atoms with Crippen LogP contribution in [-0.4, -0.2) is 42.8 Å². The molecule has 1 unspecified atom stereocenters. The van der Waals surface area contributed by atoms with E-state index in [0.717, 1.165) is 4.90 Å². The van der Waals surface area contributed by atoms with Gasteiger partial charge in [0.25, 0.3) is 5.91 Å². The van der Waals surface area contributed by atoms with Gasteiger partial charge < -0.3 is 9.64 Å². The first-order valence-electron chi connectivity index (χ1n) is 5.69. The fourth-order valence-corrected chi connectivity index (χ4v) is 1.99. The lowest BCUT2D eigenvalue weighted by Gasteiger charge is -2.15. The van der Waals surface area contributed by atoms with Crippen LogP contribution < -0.4 is 0 Å². The number of Topliss-reactive ketones (excluding diaryl/α,β-unsaturated/α-hetero) is 1. The second-order valence-electron chi connectivity index (χ2n) is 4.21. The molecule has 2 rings (SSSR count). The minimum Gasteiger partial charge on any atom is -0.468 e. The highest BCUT2D eigenvalue weighted by Gasteiger charge is 2.39. The van der Waals surface area contributed by atoms with Crippen LogP contribution in [0, 0.1) is 11.7 Å². The molecule has 0 aliphatic carbocycles. The van der Waals surface area contributed by atoms with Crippen molar-refractivity contribution in [2.45, 2.75) is 0 Å². The zero-order valence-electron chi connectivity index (χ0n) is 10.3. The number of rotatable bonds is 2. The lowest BCUT2D eigenvalue weighted by atomic mass is 10.1.